The van der Waals surface area contributed by atoms with Crippen molar-refractivity contribution in [3.05, 3.63) is 41.4 Å². The molecule has 0 radical (unpaired) electrons. The van der Waals surface area contributed by atoms with Gasteiger partial charge in [-0.1, -0.05) is 59.6 Å². The van der Waals surface area contributed by atoms with Crippen LogP contribution in [0.25, 0.3) is 0 Å². The molecular weight excluding hydrogens is 478 g/mol. The van der Waals surface area contributed by atoms with Crippen LogP contribution in [0.15, 0.2) is 41.4 Å². The van der Waals surface area contributed by atoms with Crippen molar-refractivity contribution in [3.63, 3.8) is 0 Å². The molecule has 0 fully saturated rings. The Morgan fingerprint density at radius 2 is 1.93 bits per heavy atom. The molecule has 0 aliphatic rings. The van der Waals surface area contributed by atoms with Crippen molar-refractivity contribution in [1.82, 2.24) is 14.8 Å². The summed E-state index contributed by atoms with van der Waals surface area (Å²) in [5.41, 5.74) is -0.404. The number of halogens is 2. The minimum absolute atomic E-state index is 0.211. The predicted molar refractivity (Wildman–Crippen MR) is 111 cm³/mol. The first-order valence-corrected chi connectivity index (χ1v) is 10.7. The zero-order valence-electron chi connectivity index (χ0n) is 15.9. The molecule has 148 valence electrons. The number of nitrogens with zero attached hydrogens (tertiary/aromatic N) is 3. The second kappa shape index (κ2) is 9.68. The van der Waals surface area contributed by atoms with Crippen molar-refractivity contribution in [3.8, 4) is 5.75 Å². The standard InChI is InChI=1S/C19H25Br2N3O3/c1-13(2)9-16(25)27-17(19(3,4)10-20)18(24-12-22-11-23-24)26-15-7-5-14(21)6-8-15/h5-8,11-13,17-18H,9-10H2,1-4H3. The summed E-state index contributed by atoms with van der Waals surface area (Å²) < 4.78 is 14.7. The molecule has 0 amide bonds. The van der Waals surface area contributed by atoms with Gasteiger partial charge in [-0.25, -0.2) is 9.67 Å². The van der Waals surface area contributed by atoms with Crippen LogP contribution in [0.4, 0.5) is 0 Å². The largest absolute Gasteiger partial charge is 0.465 e. The van der Waals surface area contributed by atoms with Crippen molar-refractivity contribution in [2.45, 2.75) is 46.4 Å². The first-order chi connectivity index (χ1) is 12.7. The van der Waals surface area contributed by atoms with E-state index in [4.69, 9.17) is 9.47 Å². The van der Waals surface area contributed by atoms with E-state index < -0.39 is 17.7 Å². The molecule has 0 bridgehead atoms. The number of carbonyl (C=O) groups excluding carboxylic acids is 1. The second-order valence-electron chi connectivity index (χ2n) is 7.47. The monoisotopic (exact) mass is 501 g/mol. The van der Waals surface area contributed by atoms with Gasteiger partial charge in [-0.05, 0) is 30.2 Å². The maximum atomic E-state index is 12.5. The molecule has 2 rings (SSSR count). The van der Waals surface area contributed by atoms with Gasteiger partial charge in [-0.2, -0.15) is 5.10 Å². The molecule has 0 N–H and O–H groups in total. The van der Waals surface area contributed by atoms with Gasteiger partial charge < -0.3 is 9.47 Å². The number of ether oxygens (including phenoxy) is 2. The molecule has 2 aromatic rings. The average molecular weight is 503 g/mol. The van der Waals surface area contributed by atoms with Crippen LogP contribution in [0, 0.1) is 11.3 Å². The van der Waals surface area contributed by atoms with Gasteiger partial charge >= 0.3 is 5.97 Å². The predicted octanol–water partition coefficient (Wildman–Crippen LogP) is 5.00. The van der Waals surface area contributed by atoms with Crippen molar-refractivity contribution in [2.75, 3.05) is 5.33 Å². The molecule has 1 aromatic carbocycles. The summed E-state index contributed by atoms with van der Waals surface area (Å²) >= 11 is 6.96. The highest BCUT2D eigenvalue weighted by atomic mass is 79.9. The number of rotatable bonds is 9. The van der Waals surface area contributed by atoms with Gasteiger partial charge in [0.1, 0.15) is 18.4 Å². The van der Waals surface area contributed by atoms with E-state index in [0.29, 0.717) is 17.5 Å². The normalized spacial score (nSPS) is 14.0. The maximum absolute atomic E-state index is 12.5. The Morgan fingerprint density at radius 3 is 2.44 bits per heavy atom. The Hall–Kier alpha value is -1.41. The molecule has 1 heterocycles. The summed E-state index contributed by atoms with van der Waals surface area (Å²) in [7, 11) is 0. The van der Waals surface area contributed by atoms with Crippen LogP contribution < -0.4 is 4.74 Å². The van der Waals surface area contributed by atoms with E-state index in [9.17, 15) is 4.79 Å². The van der Waals surface area contributed by atoms with E-state index >= 15 is 0 Å². The molecule has 0 spiro atoms. The molecule has 6 nitrogen and oxygen atoms in total. The minimum Gasteiger partial charge on any atom is -0.465 e. The van der Waals surface area contributed by atoms with Crippen LogP contribution in [0.2, 0.25) is 0 Å². The second-order valence-corrected chi connectivity index (χ2v) is 8.94. The highest BCUT2D eigenvalue weighted by Gasteiger charge is 2.41. The lowest BCUT2D eigenvalue weighted by molar-refractivity contribution is -0.169. The first-order valence-electron chi connectivity index (χ1n) is 8.74. The van der Waals surface area contributed by atoms with Gasteiger partial charge in [0.15, 0.2) is 6.10 Å². The van der Waals surface area contributed by atoms with Gasteiger partial charge in [0, 0.05) is 21.6 Å². The topological polar surface area (TPSA) is 66.2 Å². The van der Waals surface area contributed by atoms with E-state index in [-0.39, 0.29) is 11.9 Å². The summed E-state index contributed by atoms with van der Waals surface area (Å²) in [6.45, 7) is 8.01. The van der Waals surface area contributed by atoms with Crippen molar-refractivity contribution >= 4 is 37.8 Å². The van der Waals surface area contributed by atoms with Crippen LogP contribution in [0.5, 0.6) is 5.75 Å². The number of alkyl halides is 1. The van der Waals surface area contributed by atoms with Crippen LogP contribution >= 0.6 is 31.9 Å². The number of esters is 1. The van der Waals surface area contributed by atoms with Gasteiger partial charge in [0.2, 0.25) is 6.23 Å². The molecule has 0 aliphatic carbocycles. The molecule has 2 unspecified atom stereocenters. The van der Waals surface area contributed by atoms with E-state index in [1.165, 1.54) is 6.33 Å². The van der Waals surface area contributed by atoms with Crippen molar-refractivity contribution in [1.29, 1.82) is 0 Å². The summed E-state index contributed by atoms with van der Waals surface area (Å²) in [5.74, 6) is 0.602. The molecule has 27 heavy (non-hydrogen) atoms. The summed E-state index contributed by atoms with van der Waals surface area (Å²) in [5, 5.41) is 4.85. The van der Waals surface area contributed by atoms with Crippen molar-refractivity contribution in [2.24, 2.45) is 11.3 Å². The SMILES string of the molecule is CC(C)CC(=O)OC(C(Oc1ccc(Br)cc1)n1cncn1)C(C)(C)CBr. The Kier molecular flexibility index (Phi) is 7.85. The maximum Gasteiger partial charge on any atom is 0.306 e. The van der Waals surface area contributed by atoms with E-state index in [2.05, 4.69) is 41.9 Å². The van der Waals surface area contributed by atoms with Crippen LogP contribution in [-0.2, 0) is 9.53 Å². The van der Waals surface area contributed by atoms with E-state index in [0.717, 1.165) is 4.47 Å². The minimum atomic E-state index is -0.655. The third-order valence-electron chi connectivity index (χ3n) is 3.97. The third kappa shape index (κ3) is 6.31. The molecule has 0 saturated heterocycles. The Labute approximate surface area is 176 Å². The quantitative estimate of drug-likeness (QED) is 0.356. The fourth-order valence-corrected chi connectivity index (χ4v) is 3.04. The number of hydrogen-bond donors (Lipinski definition) is 0. The number of hydrogen-bond acceptors (Lipinski definition) is 5. The van der Waals surface area contributed by atoms with E-state index in [1.54, 1.807) is 11.0 Å². The fraction of sp³-hybridized carbons (Fsp3) is 0.526. The average Bonchev–Trinajstić information content (AvgIpc) is 3.13. The molecule has 2 atom stereocenters. The van der Waals surface area contributed by atoms with Crippen LogP contribution in [-0.4, -0.2) is 32.2 Å². The summed E-state index contributed by atoms with van der Waals surface area (Å²) in [6.07, 6.45) is 2.12. The van der Waals surface area contributed by atoms with Crippen LogP contribution in [0.3, 0.4) is 0 Å². The van der Waals surface area contributed by atoms with Crippen molar-refractivity contribution < 1.29 is 14.3 Å². The fourth-order valence-electron chi connectivity index (χ4n) is 2.46. The highest BCUT2D eigenvalue weighted by molar-refractivity contribution is 9.10. The Balaban J connectivity index is 2.36. The Morgan fingerprint density at radius 1 is 1.26 bits per heavy atom. The lowest BCUT2D eigenvalue weighted by Crippen LogP contribution is -2.44. The third-order valence-corrected chi connectivity index (χ3v) is 5.95. The molecule has 1 aromatic heterocycles. The number of benzene rings is 1. The highest BCUT2D eigenvalue weighted by Crippen LogP contribution is 2.35. The molecule has 0 saturated carbocycles. The lowest BCUT2D eigenvalue weighted by atomic mass is 9.87. The Bertz CT molecular complexity index is 718. The zero-order chi connectivity index (χ0) is 20.0. The zero-order valence-corrected chi connectivity index (χ0v) is 19.1. The van der Waals surface area contributed by atoms with E-state index in [1.807, 2.05) is 52.0 Å². The summed E-state index contributed by atoms with van der Waals surface area (Å²) in [6, 6.07) is 7.48. The number of carbonyl (C=O) groups is 1. The lowest BCUT2D eigenvalue weighted by Gasteiger charge is -2.37. The van der Waals surface area contributed by atoms with Crippen LogP contribution in [0.1, 0.15) is 40.3 Å². The molecular formula is C19H25Br2N3O3. The van der Waals surface area contributed by atoms with Gasteiger partial charge in [0.05, 0.1) is 0 Å². The van der Waals surface area contributed by atoms with Gasteiger partial charge in [-0.15, -0.1) is 0 Å². The van der Waals surface area contributed by atoms with Gasteiger partial charge in [-0.3, -0.25) is 4.79 Å². The summed E-state index contributed by atoms with van der Waals surface area (Å²) in [4.78, 5) is 16.5. The first kappa shape index (κ1) is 21.9. The molecule has 8 heteroatoms. The number of aromatic nitrogens is 3. The van der Waals surface area contributed by atoms with Gasteiger partial charge in [0.25, 0.3) is 0 Å². The molecule has 0 aliphatic heterocycles. The smallest absolute Gasteiger partial charge is 0.306 e.